The molecule has 0 unspecified atom stereocenters. The van der Waals surface area contributed by atoms with Crippen molar-refractivity contribution in [3.05, 3.63) is 41.7 Å². The van der Waals surface area contributed by atoms with Gasteiger partial charge >= 0.3 is 0 Å². The van der Waals surface area contributed by atoms with Crippen LogP contribution in [0.25, 0.3) is 10.2 Å². The summed E-state index contributed by atoms with van der Waals surface area (Å²) in [5, 5.41) is 5.19. The fraction of sp³-hybridized carbons (Fsp3) is 0.450. The average molecular weight is 386 g/mol. The number of carbonyl (C=O) groups excluding carboxylic acids is 1. The molecule has 3 rings (SSSR count). The van der Waals surface area contributed by atoms with E-state index < -0.39 is 0 Å². The van der Waals surface area contributed by atoms with Gasteiger partial charge in [-0.2, -0.15) is 5.10 Å². The second-order valence-electron chi connectivity index (χ2n) is 7.36. The summed E-state index contributed by atoms with van der Waals surface area (Å²) in [4.78, 5) is 21.8. The summed E-state index contributed by atoms with van der Waals surface area (Å²) in [6.07, 6.45) is 2.73. The predicted molar refractivity (Wildman–Crippen MR) is 112 cm³/mol. The Kier molecular flexibility index (Phi) is 5.92. The van der Waals surface area contributed by atoms with Crippen LogP contribution in [-0.2, 0) is 0 Å². The van der Waals surface area contributed by atoms with Gasteiger partial charge in [0.05, 0.1) is 10.2 Å². The SMILES string of the molecule is Cc1ccc2nc(N(CCCN(C)C)C(=O)c3ccn(C(C)C)n3)sc2c1. The van der Waals surface area contributed by atoms with Crippen molar-refractivity contribution in [2.75, 3.05) is 32.1 Å². The zero-order chi connectivity index (χ0) is 19.6. The Balaban J connectivity index is 1.91. The van der Waals surface area contributed by atoms with Crippen LogP contribution in [-0.4, -0.2) is 52.8 Å². The number of rotatable bonds is 7. The van der Waals surface area contributed by atoms with Crippen LogP contribution in [0.5, 0.6) is 0 Å². The second kappa shape index (κ2) is 8.19. The van der Waals surface area contributed by atoms with Gasteiger partial charge in [-0.15, -0.1) is 0 Å². The molecule has 0 N–H and O–H groups in total. The molecule has 0 aliphatic rings. The number of thiazole rings is 1. The first-order valence-electron chi connectivity index (χ1n) is 9.24. The van der Waals surface area contributed by atoms with Gasteiger partial charge in [-0.1, -0.05) is 17.4 Å². The molecule has 3 aromatic rings. The largest absolute Gasteiger partial charge is 0.309 e. The Morgan fingerprint density at radius 1 is 1.22 bits per heavy atom. The first kappa shape index (κ1) is 19.5. The van der Waals surface area contributed by atoms with Crippen molar-refractivity contribution < 1.29 is 4.79 Å². The Morgan fingerprint density at radius 2 is 2.00 bits per heavy atom. The van der Waals surface area contributed by atoms with Crippen molar-refractivity contribution >= 4 is 32.6 Å². The average Bonchev–Trinajstić information content (AvgIpc) is 3.24. The van der Waals surface area contributed by atoms with E-state index in [-0.39, 0.29) is 11.9 Å². The minimum Gasteiger partial charge on any atom is -0.309 e. The van der Waals surface area contributed by atoms with Gasteiger partial charge in [0.25, 0.3) is 5.91 Å². The van der Waals surface area contributed by atoms with E-state index >= 15 is 0 Å². The monoisotopic (exact) mass is 385 g/mol. The highest BCUT2D eigenvalue weighted by Crippen LogP contribution is 2.30. The number of aryl methyl sites for hydroxylation is 1. The third kappa shape index (κ3) is 4.54. The lowest BCUT2D eigenvalue weighted by Crippen LogP contribution is -2.33. The Hall–Kier alpha value is -2.25. The fourth-order valence-electron chi connectivity index (χ4n) is 2.84. The Labute approximate surface area is 164 Å². The molecule has 0 bridgehead atoms. The van der Waals surface area contributed by atoms with E-state index in [2.05, 4.69) is 23.0 Å². The van der Waals surface area contributed by atoms with Crippen LogP contribution in [0.3, 0.4) is 0 Å². The summed E-state index contributed by atoms with van der Waals surface area (Å²) in [6.45, 7) is 7.69. The normalized spacial score (nSPS) is 11.7. The molecule has 1 aromatic carbocycles. The van der Waals surface area contributed by atoms with Crippen LogP contribution in [0.1, 0.15) is 42.4 Å². The highest BCUT2D eigenvalue weighted by molar-refractivity contribution is 7.22. The van der Waals surface area contributed by atoms with Crippen LogP contribution in [0.15, 0.2) is 30.5 Å². The van der Waals surface area contributed by atoms with Crippen molar-refractivity contribution in [3.63, 3.8) is 0 Å². The standard InChI is InChI=1S/C20H27N5OS/c1-14(2)25-12-9-17(22-25)19(26)24(11-6-10-23(4)5)20-21-16-8-7-15(3)13-18(16)27-20/h7-9,12-14H,6,10-11H2,1-5H3. The van der Waals surface area contributed by atoms with Crippen molar-refractivity contribution in [1.29, 1.82) is 0 Å². The van der Waals surface area contributed by atoms with Gasteiger partial charge in [-0.25, -0.2) is 4.98 Å². The van der Waals surface area contributed by atoms with E-state index in [9.17, 15) is 4.79 Å². The molecule has 0 saturated carbocycles. The highest BCUT2D eigenvalue weighted by atomic mass is 32.1. The third-order valence-corrected chi connectivity index (χ3v) is 5.39. The second-order valence-corrected chi connectivity index (χ2v) is 8.37. The molecular formula is C20H27N5OS. The number of hydrogen-bond donors (Lipinski definition) is 0. The van der Waals surface area contributed by atoms with Crippen molar-refractivity contribution in [1.82, 2.24) is 19.7 Å². The molecule has 2 aromatic heterocycles. The molecule has 6 nitrogen and oxygen atoms in total. The van der Waals surface area contributed by atoms with E-state index in [1.807, 2.05) is 51.0 Å². The molecule has 1 amide bonds. The van der Waals surface area contributed by atoms with Crippen LogP contribution in [0.4, 0.5) is 5.13 Å². The topological polar surface area (TPSA) is 54.3 Å². The van der Waals surface area contributed by atoms with Crippen LogP contribution >= 0.6 is 11.3 Å². The molecule has 0 spiro atoms. The van der Waals surface area contributed by atoms with Crippen molar-refractivity contribution in [2.24, 2.45) is 0 Å². The Morgan fingerprint density at radius 3 is 2.67 bits per heavy atom. The predicted octanol–water partition coefficient (Wildman–Crippen LogP) is 3.98. The van der Waals surface area contributed by atoms with Gasteiger partial charge in [-0.05, 0) is 71.6 Å². The third-order valence-electron chi connectivity index (χ3n) is 4.35. The van der Waals surface area contributed by atoms with E-state index in [0.29, 0.717) is 12.2 Å². The summed E-state index contributed by atoms with van der Waals surface area (Å²) < 4.78 is 2.91. The summed E-state index contributed by atoms with van der Waals surface area (Å²) in [5.41, 5.74) is 2.58. The number of anilines is 1. The molecule has 7 heteroatoms. The summed E-state index contributed by atoms with van der Waals surface area (Å²) in [7, 11) is 4.08. The Bertz CT molecular complexity index is 927. The molecule has 0 aliphatic carbocycles. The molecule has 2 heterocycles. The van der Waals surface area contributed by atoms with Gasteiger partial charge < -0.3 is 4.90 Å². The number of nitrogens with zero attached hydrogens (tertiary/aromatic N) is 5. The van der Waals surface area contributed by atoms with E-state index in [1.165, 1.54) is 5.56 Å². The number of fused-ring (bicyclic) bond motifs is 1. The van der Waals surface area contributed by atoms with E-state index in [0.717, 1.165) is 28.3 Å². The number of carbonyl (C=O) groups is 1. The van der Waals surface area contributed by atoms with Gasteiger partial charge in [0.15, 0.2) is 10.8 Å². The zero-order valence-electron chi connectivity index (χ0n) is 16.6. The minimum absolute atomic E-state index is 0.0936. The number of aromatic nitrogens is 3. The summed E-state index contributed by atoms with van der Waals surface area (Å²) in [5.74, 6) is -0.0936. The minimum atomic E-state index is -0.0936. The number of benzene rings is 1. The number of hydrogen-bond acceptors (Lipinski definition) is 5. The lowest BCUT2D eigenvalue weighted by atomic mass is 10.2. The van der Waals surface area contributed by atoms with Crippen LogP contribution in [0.2, 0.25) is 0 Å². The maximum atomic E-state index is 13.2. The zero-order valence-corrected chi connectivity index (χ0v) is 17.5. The number of amides is 1. The maximum absolute atomic E-state index is 13.2. The summed E-state index contributed by atoms with van der Waals surface area (Å²) in [6, 6.07) is 8.19. The van der Waals surface area contributed by atoms with Crippen molar-refractivity contribution in [3.8, 4) is 0 Å². The van der Waals surface area contributed by atoms with Gasteiger partial charge in [0.1, 0.15) is 0 Å². The van der Waals surface area contributed by atoms with Crippen LogP contribution < -0.4 is 4.90 Å². The molecule has 0 radical (unpaired) electrons. The van der Waals surface area contributed by atoms with Crippen LogP contribution in [0, 0.1) is 6.92 Å². The highest BCUT2D eigenvalue weighted by Gasteiger charge is 2.23. The molecule has 0 atom stereocenters. The van der Waals surface area contributed by atoms with Gasteiger partial charge in [-0.3, -0.25) is 14.4 Å². The van der Waals surface area contributed by atoms with Gasteiger partial charge in [0.2, 0.25) is 0 Å². The summed E-state index contributed by atoms with van der Waals surface area (Å²) >= 11 is 1.56. The lowest BCUT2D eigenvalue weighted by molar-refractivity contribution is 0.0980. The maximum Gasteiger partial charge on any atom is 0.280 e. The first-order chi connectivity index (χ1) is 12.8. The fourth-order valence-corrected chi connectivity index (χ4v) is 3.93. The molecular weight excluding hydrogens is 358 g/mol. The molecule has 27 heavy (non-hydrogen) atoms. The van der Waals surface area contributed by atoms with Crippen molar-refractivity contribution in [2.45, 2.75) is 33.2 Å². The molecule has 0 saturated heterocycles. The smallest absolute Gasteiger partial charge is 0.280 e. The quantitative estimate of drug-likeness (QED) is 0.617. The van der Waals surface area contributed by atoms with Gasteiger partial charge in [0, 0.05) is 18.8 Å². The lowest BCUT2D eigenvalue weighted by Gasteiger charge is -2.20. The first-order valence-corrected chi connectivity index (χ1v) is 10.1. The molecule has 0 fully saturated rings. The van der Waals surface area contributed by atoms with E-state index in [4.69, 9.17) is 4.98 Å². The van der Waals surface area contributed by atoms with E-state index in [1.54, 1.807) is 22.3 Å². The molecule has 144 valence electrons. The molecule has 0 aliphatic heterocycles.